The quantitative estimate of drug-likeness (QED) is 0.659. The molecule has 0 atom stereocenters. The maximum Gasteiger partial charge on any atom is 0.416 e. The Morgan fingerprint density at radius 3 is 2.30 bits per heavy atom. The first-order valence-electron chi connectivity index (χ1n) is 7.69. The third-order valence-electron chi connectivity index (χ3n) is 4.12. The molecule has 0 spiro atoms. The molecule has 136 valence electrons. The molecule has 1 N–H and O–H groups in total. The first-order valence-corrected chi connectivity index (χ1v) is 7.69. The van der Waals surface area contributed by atoms with Crippen molar-refractivity contribution in [2.45, 2.75) is 12.7 Å². The molecule has 0 aromatic heterocycles. The predicted octanol–water partition coefficient (Wildman–Crippen LogP) is 3.61. The van der Waals surface area contributed by atoms with Crippen molar-refractivity contribution in [3.8, 4) is 6.07 Å². The fourth-order valence-electron chi connectivity index (χ4n) is 2.87. The Morgan fingerprint density at radius 1 is 1.11 bits per heavy atom. The Labute approximate surface area is 151 Å². The highest BCUT2D eigenvalue weighted by molar-refractivity contribution is 6.36. The molecule has 0 aliphatic carbocycles. The average molecular weight is 372 g/mol. The lowest BCUT2D eigenvalue weighted by Gasteiger charge is -2.17. The summed E-state index contributed by atoms with van der Waals surface area (Å²) in [7, 11) is 0. The molecular weight excluding hydrogens is 361 g/mol. The summed E-state index contributed by atoms with van der Waals surface area (Å²) in [5.41, 5.74) is -0.589. The molecule has 3 rings (SSSR count). The average Bonchev–Trinajstić information content (AvgIpc) is 2.88. The molecule has 1 aliphatic rings. The summed E-state index contributed by atoms with van der Waals surface area (Å²) in [6.45, 7) is -0.0597. The van der Waals surface area contributed by atoms with Crippen LogP contribution in [0.4, 0.5) is 18.9 Å². The number of carboxylic acids is 1. The minimum atomic E-state index is -4.46. The van der Waals surface area contributed by atoms with Gasteiger partial charge in [-0.1, -0.05) is 30.3 Å². The molecular formula is C19H11F3N2O3. The highest BCUT2D eigenvalue weighted by atomic mass is 19.4. The Kier molecular flexibility index (Phi) is 4.45. The van der Waals surface area contributed by atoms with Crippen LogP contribution in [-0.2, 0) is 22.3 Å². The first kappa shape index (κ1) is 18.2. The molecule has 1 heterocycles. The summed E-state index contributed by atoms with van der Waals surface area (Å²) in [6, 6.07) is 12.2. The lowest BCUT2D eigenvalue weighted by molar-refractivity contribution is -0.137. The molecule has 0 bridgehead atoms. The van der Waals surface area contributed by atoms with Gasteiger partial charge >= 0.3 is 12.1 Å². The Morgan fingerprint density at radius 2 is 1.74 bits per heavy atom. The number of alkyl halides is 3. The number of benzene rings is 2. The highest BCUT2D eigenvalue weighted by Crippen LogP contribution is 2.39. The Balaban J connectivity index is 2.02. The van der Waals surface area contributed by atoms with Crippen LogP contribution < -0.4 is 4.90 Å². The largest absolute Gasteiger partial charge is 0.477 e. The minimum absolute atomic E-state index is 0.0597. The normalized spacial score (nSPS) is 15.3. The number of para-hydroxylation sites is 1. The monoisotopic (exact) mass is 372 g/mol. The van der Waals surface area contributed by atoms with Crippen LogP contribution in [0.2, 0.25) is 0 Å². The van der Waals surface area contributed by atoms with Crippen molar-refractivity contribution in [2.75, 3.05) is 4.90 Å². The number of aliphatic carboxylic acids is 1. The van der Waals surface area contributed by atoms with Gasteiger partial charge in [0, 0.05) is 5.56 Å². The van der Waals surface area contributed by atoms with Gasteiger partial charge in [0.2, 0.25) is 0 Å². The second kappa shape index (κ2) is 6.61. The number of carboxylic acid groups (broad SMARTS) is 1. The van der Waals surface area contributed by atoms with Crippen molar-refractivity contribution in [3.05, 3.63) is 70.8 Å². The number of rotatable bonds is 3. The number of nitrogens with zero attached hydrogens (tertiary/aromatic N) is 2. The zero-order valence-corrected chi connectivity index (χ0v) is 13.6. The number of hydrogen-bond acceptors (Lipinski definition) is 3. The van der Waals surface area contributed by atoms with Crippen LogP contribution in [0.3, 0.4) is 0 Å². The van der Waals surface area contributed by atoms with E-state index in [0.29, 0.717) is 16.8 Å². The SMILES string of the molecule is N#C/C(C(=O)O)=C1\C(=O)N(Cc2ccc(C(F)(F)F)cc2)c2ccccc21. The number of carbonyl (C=O) groups is 2. The number of fused-ring (bicyclic) bond motifs is 1. The van der Waals surface area contributed by atoms with Gasteiger partial charge in [-0.2, -0.15) is 18.4 Å². The number of nitriles is 1. The summed E-state index contributed by atoms with van der Waals surface area (Å²) in [6.07, 6.45) is -4.46. The fourth-order valence-corrected chi connectivity index (χ4v) is 2.87. The van der Waals surface area contributed by atoms with Crippen molar-refractivity contribution in [1.82, 2.24) is 0 Å². The summed E-state index contributed by atoms with van der Waals surface area (Å²) < 4.78 is 38.0. The van der Waals surface area contributed by atoms with Crippen LogP contribution in [0.25, 0.3) is 5.57 Å². The molecule has 1 amide bonds. The van der Waals surface area contributed by atoms with Crippen molar-refractivity contribution >= 4 is 23.1 Å². The lowest BCUT2D eigenvalue weighted by Crippen LogP contribution is -2.26. The zero-order valence-electron chi connectivity index (χ0n) is 13.6. The molecule has 2 aromatic carbocycles. The fraction of sp³-hybridized carbons (Fsp3) is 0.105. The van der Waals surface area contributed by atoms with Crippen LogP contribution in [0.15, 0.2) is 54.1 Å². The second-order valence-electron chi connectivity index (χ2n) is 5.77. The maximum absolute atomic E-state index is 12.8. The van der Waals surface area contributed by atoms with E-state index in [2.05, 4.69) is 0 Å². The summed E-state index contributed by atoms with van der Waals surface area (Å²) in [4.78, 5) is 25.3. The standard InChI is InChI=1S/C19H11F3N2O3/c20-19(21,22)12-7-5-11(6-8-12)10-24-15-4-2-1-3-13(15)16(17(24)25)14(9-23)18(26)27/h1-8H,10H2,(H,26,27)/b16-14+. The van der Waals surface area contributed by atoms with E-state index in [1.807, 2.05) is 0 Å². The van der Waals surface area contributed by atoms with Gasteiger partial charge in [0.05, 0.1) is 23.4 Å². The van der Waals surface area contributed by atoms with Crippen LogP contribution in [0, 0.1) is 11.3 Å². The van der Waals surface area contributed by atoms with E-state index in [-0.39, 0.29) is 12.1 Å². The summed E-state index contributed by atoms with van der Waals surface area (Å²) in [5, 5.41) is 18.3. The molecule has 0 saturated carbocycles. The smallest absolute Gasteiger partial charge is 0.416 e. The predicted molar refractivity (Wildman–Crippen MR) is 89.2 cm³/mol. The van der Waals surface area contributed by atoms with Crippen LogP contribution in [-0.4, -0.2) is 17.0 Å². The van der Waals surface area contributed by atoms with Crippen molar-refractivity contribution < 1.29 is 27.9 Å². The van der Waals surface area contributed by atoms with Crippen molar-refractivity contribution in [1.29, 1.82) is 5.26 Å². The summed E-state index contributed by atoms with van der Waals surface area (Å²) in [5.74, 6) is -2.21. The van der Waals surface area contributed by atoms with Crippen LogP contribution >= 0.6 is 0 Å². The van der Waals surface area contributed by atoms with Gasteiger partial charge in [-0.15, -0.1) is 0 Å². The van der Waals surface area contributed by atoms with Gasteiger partial charge in [0.15, 0.2) is 5.57 Å². The molecule has 0 unspecified atom stereocenters. The minimum Gasteiger partial charge on any atom is -0.477 e. The van der Waals surface area contributed by atoms with Gasteiger partial charge in [0.25, 0.3) is 5.91 Å². The molecule has 2 aromatic rings. The van der Waals surface area contributed by atoms with Gasteiger partial charge in [-0.25, -0.2) is 4.79 Å². The molecule has 8 heteroatoms. The number of anilines is 1. The Bertz CT molecular complexity index is 1000. The molecule has 5 nitrogen and oxygen atoms in total. The molecule has 1 aliphatic heterocycles. The van der Waals surface area contributed by atoms with Gasteiger partial charge in [-0.05, 0) is 23.8 Å². The van der Waals surface area contributed by atoms with E-state index >= 15 is 0 Å². The van der Waals surface area contributed by atoms with Gasteiger partial charge < -0.3 is 10.0 Å². The molecule has 0 saturated heterocycles. The summed E-state index contributed by atoms with van der Waals surface area (Å²) >= 11 is 0. The lowest BCUT2D eigenvalue weighted by atomic mass is 10.0. The van der Waals surface area contributed by atoms with Gasteiger partial charge in [-0.3, -0.25) is 4.79 Å². The number of amides is 1. The highest BCUT2D eigenvalue weighted by Gasteiger charge is 2.36. The third kappa shape index (κ3) is 3.27. The molecule has 0 fully saturated rings. The molecule has 27 heavy (non-hydrogen) atoms. The van der Waals surface area contributed by atoms with Crippen LogP contribution in [0.5, 0.6) is 0 Å². The van der Waals surface area contributed by atoms with E-state index in [1.54, 1.807) is 18.2 Å². The van der Waals surface area contributed by atoms with E-state index in [9.17, 15) is 27.9 Å². The Hall–Kier alpha value is -3.60. The third-order valence-corrected chi connectivity index (χ3v) is 4.12. The zero-order chi connectivity index (χ0) is 19.8. The maximum atomic E-state index is 12.8. The number of halogens is 3. The van der Waals surface area contributed by atoms with Gasteiger partial charge in [0.1, 0.15) is 6.07 Å². The van der Waals surface area contributed by atoms with Crippen molar-refractivity contribution in [3.63, 3.8) is 0 Å². The topological polar surface area (TPSA) is 81.4 Å². The number of carbonyl (C=O) groups excluding carboxylic acids is 1. The number of hydrogen-bond donors (Lipinski definition) is 1. The molecule has 0 radical (unpaired) electrons. The van der Waals surface area contributed by atoms with E-state index in [4.69, 9.17) is 5.26 Å². The van der Waals surface area contributed by atoms with E-state index in [1.165, 1.54) is 29.2 Å². The van der Waals surface area contributed by atoms with Crippen molar-refractivity contribution in [2.24, 2.45) is 0 Å². The van der Waals surface area contributed by atoms with E-state index in [0.717, 1.165) is 12.1 Å². The van der Waals surface area contributed by atoms with Crippen LogP contribution in [0.1, 0.15) is 16.7 Å². The first-order chi connectivity index (χ1) is 12.7. The van der Waals surface area contributed by atoms with E-state index < -0.39 is 29.2 Å². The second-order valence-corrected chi connectivity index (χ2v) is 5.77.